The Balaban J connectivity index is 1.50. The van der Waals surface area contributed by atoms with Crippen molar-refractivity contribution in [2.24, 2.45) is 5.41 Å². The first-order chi connectivity index (χ1) is 18.6. The number of benzene rings is 4. The van der Waals surface area contributed by atoms with Gasteiger partial charge in [-0.1, -0.05) is 78.4 Å². The molecule has 5 nitrogen and oxygen atoms in total. The van der Waals surface area contributed by atoms with Crippen molar-refractivity contribution < 1.29 is 14.3 Å². The average molecular weight is 501 g/mol. The summed E-state index contributed by atoms with van der Waals surface area (Å²) in [4.78, 5) is 31.5. The zero-order chi connectivity index (χ0) is 25.6. The number of hydrogen-bond acceptors (Lipinski definition) is 4. The lowest BCUT2D eigenvalue weighted by molar-refractivity contribution is -0.160. The van der Waals surface area contributed by atoms with Crippen molar-refractivity contribution in [1.82, 2.24) is 4.90 Å². The monoisotopic (exact) mass is 500 g/mol. The van der Waals surface area contributed by atoms with Gasteiger partial charge in [-0.2, -0.15) is 0 Å². The molecule has 4 aromatic carbocycles. The minimum Gasteiger partial charge on any atom is -0.426 e. The summed E-state index contributed by atoms with van der Waals surface area (Å²) >= 11 is 0. The first kappa shape index (κ1) is 22.1. The van der Waals surface area contributed by atoms with Crippen molar-refractivity contribution >= 4 is 28.3 Å². The third kappa shape index (κ3) is 2.50. The first-order valence-electron chi connectivity index (χ1n) is 13.5. The topological polar surface area (TPSA) is 58.6 Å². The van der Waals surface area contributed by atoms with Gasteiger partial charge in [0.15, 0.2) is 0 Å². The van der Waals surface area contributed by atoms with E-state index in [4.69, 9.17) is 4.74 Å². The van der Waals surface area contributed by atoms with Crippen LogP contribution in [0.15, 0.2) is 84.9 Å². The highest BCUT2D eigenvalue weighted by Gasteiger charge is 2.79. The Morgan fingerprint density at radius 3 is 2.68 bits per heavy atom. The molecular formula is C33H28N2O3. The Bertz CT molecular complexity index is 1670. The molecule has 0 saturated carbocycles. The summed E-state index contributed by atoms with van der Waals surface area (Å²) in [7, 11) is 0. The number of fused-ring (bicyclic) bond motifs is 7. The van der Waals surface area contributed by atoms with Gasteiger partial charge in [-0.25, -0.2) is 0 Å². The second kappa shape index (κ2) is 7.55. The largest absolute Gasteiger partial charge is 0.426 e. The van der Waals surface area contributed by atoms with Crippen LogP contribution in [0.1, 0.15) is 41.0 Å². The molecule has 4 heterocycles. The van der Waals surface area contributed by atoms with E-state index >= 15 is 0 Å². The summed E-state index contributed by atoms with van der Waals surface area (Å²) in [6.07, 6.45) is 2.37. The molecule has 0 unspecified atom stereocenters. The highest BCUT2D eigenvalue weighted by Crippen LogP contribution is 2.69. The van der Waals surface area contributed by atoms with E-state index in [2.05, 4.69) is 65.7 Å². The number of rotatable bonds is 1. The number of nitrogens with zero attached hydrogens (tertiary/aromatic N) is 1. The molecular weight excluding hydrogens is 472 g/mol. The Morgan fingerprint density at radius 2 is 1.76 bits per heavy atom. The molecule has 4 aliphatic heterocycles. The van der Waals surface area contributed by atoms with E-state index in [1.54, 1.807) is 0 Å². The molecule has 0 radical (unpaired) electrons. The molecule has 1 N–H and O–H groups in total. The standard InChI is InChI=1S/C33H28N2O3/c1-20-15-16-28-22(18-20)19-32(31(37)38-28)29(24-11-6-9-21-8-2-3-10-23(21)24)27-14-7-17-35(27)33(32)25-12-4-5-13-26(25)34-30(33)36/h2-6,8-13,15-16,18,27,29H,7,14,17,19H2,1H3,(H,34,36)/t27-,29-,32-,33-/m1/s1. The summed E-state index contributed by atoms with van der Waals surface area (Å²) in [5.74, 6) is -0.0135. The third-order valence-electron chi connectivity index (χ3n) is 9.60. The molecule has 2 spiro atoms. The third-order valence-corrected chi connectivity index (χ3v) is 9.60. The van der Waals surface area contributed by atoms with E-state index in [0.717, 1.165) is 58.1 Å². The number of nitrogens with one attached hydrogen (secondary N) is 1. The molecule has 8 rings (SSSR count). The fraction of sp³-hybridized carbons (Fsp3) is 0.273. The summed E-state index contributed by atoms with van der Waals surface area (Å²) < 4.78 is 6.26. The van der Waals surface area contributed by atoms with Crippen molar-refractivity contribution in [3.05, 3.63) is 107 Å². The van der Waals surface area contributed by atoms with E-state index in [1.807, 2.05) is 36.4 Å². The fourth-order valence-corrected chi connectivity index (χ4v) is 8.35. The summed E-state index contributed by atoms with van der Waals surface area (Å²) in [5, 5.41) is 5.47. The SMILES string of the molecule is Cc1ccc2c(c1)C[C@]1(C(=O)O2)[C@H](c2cccc3ccccc23)[C@H]2CCCN2[C@]12C(=O)Nc1ccccc12. The number of aryl methyl sites for hydroxylation is 1. The van der Waals surface area contributed by atoms with Crippen LogP contribution in [0.5, 0.6) is 5.75 Å². The zero-order valence-corrected chi connectivity index (χ0v) is 21.2. The Morgan fingerprint density at radius 1 is 0.947 bits per heavy atom. The number of esters is 1. The highest BCUT2D eigenvalue weighted by atomic mass is 16.5. The number of ether oxygens (including phenoxy) is 1. The Hall–Kier alpha value is -3.96. The number of carbonyl (C=O) groups is 2. The summed E-state index contributed by atoms with van der Waals surface area (Å²) in [6.45, 7) is 2.83. The van der Waals surface area contributed by atoms with Crippen LogP contribution in [0.25, 0.3) is 10.8 Å². The maximum absolute atomic E-state index is 14.7. The van der Waals surface area contributed by atoms with Gasteiger partial charge in [-0.15, -0.1) is 0 Å². The van der Waals surface area contributed by atoms with Crippen LogP contribution in [-0.2, 0) is 21.5 Å². The molecule has 188 valence electrons. The van der Waals surface area contributed by atoms with Crippen molar-refractivity contribution in [1.29, 1.82) is 0 Å². The van der Waals surface area contributed by atoms with Crippen LogP contribution in [-0.4, -0.2) is 29.4 Å². The van der Waals surface area contributed by atoms with Crippen LogP contribution in [0.4, 0.5) is 5.69 Å². The predicted octanol–water partition coefficient (Wildman–Crippen LogP) is 5.71. The molecule has 38 heavy (non-hydrogen) atoms. The number of carbonyl (C=O) groups excluding carboxylic acids is 2. The molecule has 0 aliphatic carbocycles. The summed E-state index contributed by atoms with van der Waals surface area (Å²) in [5.41, 5.74) is 2.65. The lowest BCUT2D eigenvalue weighted by atomic mass is 9.56. The fourth-order valence-electron chi connectivity index (χ4n) is 8.35. The van der Waals surface area contributed by atoms with Gasteiger partial charge in [0.2, 0.25) is 0 Å². The second-order valence-electron chi connectivity index (χ2n) is 11.3. The quantitative estimate of drug-likeness (QED) is 0.269. The molecule has 2 saturated heterocycles. The predicted molar refractivity (Wildman–Crippen MR) is 146 cm³/mol. The highest BCUT2D eigenvalue weighted by molar-refractivity contribution is 6.11. The number of hydrogen-bond donors (Lipinski definition) is 1. The van der Waals surface area contributed by atoms with Crippen LogP contribution in [0, 0.1) is 12.3 Å². The number of anilines is 1. The number of amides is 1. The van der Waals surface area contributed by atoms with E-state index < -0.39 is 11.0 Å². The van der Waals surface area contributed by atoms with Crippen molar-refractivity contribution in [2.75, 3.05) is 11.9 Å². The lowest BCUT2D eigenvalue weighted by Gasteiger charge is -2.47. The van der Waals surface area contributed by atoms with Gasteiger partial charge >= 0.3 is 5.97 Å². The van der Waals surface area contributed by atoms with Gasteiger partial charge in [0.25, 0.3) is 5.91 Å². The van der Waals surface area contributed by atoms with Crippen molar-refractivity contribution in [3.8, 4) is 5.75 Å². The minimum absolute atomic E-state index is 0.0385. The van der Waals surface area contributed by atoms with Gasteiger partial charge in [-0.3, -0.25) is 14.5 Å². The van der Waals surface area contributed by atoms with E-state index in [-0.39, 0.29) is 23.8 Å². The minimum atomic E-state index is -1.15. The van der Waals surface area contributed by atoms with Crippen LogP contribution in [0.3, 0.4) is 0 Å². The maximum Gasteiger partial charge on any atom is 0.321 e. The number of para-hydroxylation sites is 1. The molecule has 4 atom stereocenters. The van der Waals surface area contributed by atoms with Gasteiger partial charge in [0.1, 0.15) is 16.7 Å². The van der Waals surface area contributed by atoms with Gasteiger partial charge < -0.3 is 10.1 Å². The summed E-state index contributed by atoms with van der Waals surface area (Å²) in [6, 6.07) is 28.7. The molecule has 4 aromatic rings. The molecule has 0 aromatic heterocycles. The average Bonchev–Trinajstić information content (AvgIpc) is 3.57. The van der Waals surface area contributed by atoms with Gasteiger partial charge in [0.05, 0.1) is 0 Å². The molecule has 0 bridgehead atoms. The zero-order valence-electron chi connectivity index (χ0n) is 21.2. The Labute approximate surface area is 221 Å². The Kier molecular flexibility index (Phi) is 4.38. The maximum atomic E-state index is 14.7. The normalized spacial score (nSPS) is 29.4. The molecule has 5 heteroatoms. The lowest BCUT2D eigenvalue weighted by Crippen LogP contribution is -2.62. The van der Waals surface area contributed by atoms with Crippen molar-refractivity contribution in [3.63, 3.8) is 0 Å². The smallest absolute Gasteiger partial charge is 0.321 e. The van der Waals surface area contributed by atoms with Crippen LogP contribution < -0.4 is 10.1 Å². The second-order valence-corrected chi connectivity index (χ2v) is 11.3. The van der Waals surface area contributed by atoms with Gasteiger partial charge in [0, 0.05) is 23.2 Å². The van der Waals surface area contributed by atoms with Crippen molar-refractivity contribution in [2.45, 2.75) is 43.7 Å². The van der Waals surface area contributed by atoms with Crippen LogP contribution in [0.2, 0.25) is 0 Å². The first-order valence-corrected chi connectivity index (χ1v) is 13.5. The molecule has 2 fully saturated rings. The van der Waals surface area contributed by atoms with E-state index in [0.29, 0.717) is 12.2 Å². The van der Waals surface area contributed by atoms with E-state index in [9.17, 15) is 9.59 Å². The van der Waals surface area contributed by atoms with Gasteiger partial charge in [-0.05, 0) is 66.8 Å². The molecule has 4 aliphatic rings. The van der Waals surface area contributed by atoms with E-state index in [1.165, 1.54) is 0 Å². The molecule has 1 amide bonds. The van der Waals surface area contributed by atoms with Crippen LogP contribution >= 0.6 is 0 Å².